The van der Waals surface area contributed by atoms with Gasteiger partial charge in [-0.3, -0.25) is 0 Å². The fraction of sp³-hybridized carbons (Fsp3) is 0.333. The number of rotatable bonds is 2. The molecule has 0 unspecified atom stereocenters. The Hall–Kier alpha value is -1.84. The van der Waals surface area contributed by atoms with Crippen LogP contribution in [0, 0.1) is 6.92 Å². The summed E-state index contributed by atoms with van der Waals surface area (Å²) in [5, 5.41) is 3.02. The molecule has 4 nitrogen and oxygen atoms in total. The van der Waals surface area contributed by atoms with Gasteiger partial charge in [-0.25, -0.2) is 9.78 Å². The highest BCUT2D eigenvalue weighted by molar-refractivity contribution is 5.90. The van der Waals surface area contributed by atoms with Gasteiger partial charge in [0.25, 0.3) is 0 Å². The van der Waals surface area contributed by atoms with Crippen LogP contribution in [0.25, 0.3) is 0 Å². The second-order valence-electron chi connectivity index (χ2n) is 3.67. The van der Waals surface area contributed by atoms with Gasteiger partial charge in [0.2, 0.25) is 0 Å². The van der Waals surface area contributed by atoms with Crippen molar-refractivity contribution >= 4 is 11.8 Å². The van der Waals surface area contributed by atoms with Gasteiger partial charge in [0.05, 0.1) is 12.2 Å². The highest BCUT2D eigenvalue weighted by Crippen LogP contribution is 2.22. The van der Waals surface area contributed by atoms with Crippen LogP contribution in [0.2, 0.25) is 0 Å². The third-order valence-electron chi connectivity index (χ3n) is 2.42. The number of hydrogen-bond acceptors (Lipinski definition) is 4. The predicted octanol–water partition coefficient (Wildman–Crippen LogP) is 1.81. The first-order valence-electron chi connectivity index (χ1n) is 5.30. The zero-order valence-corrected chi connectivity index (χ0v) is 9.41. The van der Waals surface area contributed by atoms with Gasteiger partial charge in [0, 0.05) is 18.3 Å². The smallest absolute Gasteiger partial charge is 0.335 e. The molecular weight excluding hydrogens is 204 g/mol. The molecule has 0 atom stereocenters. The zero-order valence-electron chi connectivity index (χ0n) is 9.41. The van der Waals surface area contributed by atoms with Crippen molar-refractivity contribution in [2.45, 2.75) is 20.3 Å². The Morgan fingerprint density at radius 3 is 3.12 bits per heavy atom. The third-order valence-corrected chi connectivity index (χ3v) is 2.42. The summed E-state index contributed by atoms with van der Waals surface area (Å²) in [4.78, 5) is 15.9. The van der Waals surface area contributed by atoms with E-state index < -0.39 is 0 Å². The summed E-state index contributed by atoms with van der Waals surface area (Å²) in [5.41, 5.74) is 2.62. The number of hydrogen-bond donors (Lipinski definition) is 1. The summed E-state index contributed by atoms with van der Waals surface area (Å²) in [7, 11) is 0. The lowest BCUT2D eigenvalue weighted by Crippen LogP contribution is -2.16. The third kappa shape index (κ3) is 2.05. The number of aromatic nitrogens is 1. The molecule has 16 heavy (non-hydrogen) atoms. The normalized spacial score (nSPS) is 13.5. The Morgan fingerprint density at radius 2 is 2.38 bits per heavy atom. The van der Waals surface area contributed by atoms with Gasteiger partial charge < -0.3 is 10.1 Å². The molecule has 0 saturated carbocycles. The second-order valence-corrected chi connectivity index (χ2v) is 3.67. The molecule has 0 aromatic carbocycles. The largest absolute Gasteiger partial charge is 0.463 e. The summed E-state index contributed by atoms with van der Waals surface area (Å²) in [6.45, 7) is 4.13. The van der Waals surface area contributed by atoms with Crippen molar-refractivity contribution in [2.24, 2.45) is 0 Å². The Bertz CT molecular complexity index is 452. The first kappa shape index (κ1) is 10.7. The lowest BCUT2D eigenvalue weighted by Gasteiger charge is -2.16. The van der Waals surface area contributed by atoms with Crippen molar-refractivity contribution in [2.75, 3.05) is 11.9 Å². The SMILES string of the molecule is CCOC(=O)C1=CNc2nc(C)ccc2C1. The Labute approximate surface area is 94.3 Å². The van der Waals surface area contributed by atoms with Crippen LogP contribution in [0.3, 0.4) is 0 Å². The summed E-state index contributed by atoms with van der Waals surface area (Å²) in [5.74, 6) is 0.564. The number of pyridine rings is 1. The monoisotopic (exact) mass is 218 g/mol. The average Bonchev–Trinajstić information content (AvgIpc) is 2.28. The van der Waals surface area contributed by atoms with E-state index in [1.165, 1.54) is 0 Å². The van der Waals surface area contributed by atoms with E-state index in [1.807, 2.05) is 19.1 Å². The number of nitrogens with one attached hydrogen (secondary N) is 1. The molecule has 0 bridgehead atoms. The molecule has 0 saturated heterocycles. The number of carbonyl (C=O) groups excluding carboxylic acids is 1. The molecule has 2 rings (SSSR count). The molecule has 0 radical (unpaired) electrons. The molecule has 0 spiro atoms. The van der Waals surface area contributed by atoms with E-state index >= 15 is 0 Å². The molecule has 1 aliphatic rings. The van der Waals surface area contributed by atoms with E-state index in [9.17, 15) is 4.79 Å². The summed E-state index contributed by atoms with van der Waals surface area (Å²) < 4.78 is 4.95. The number of anilines is 1. The van der Waals surface area contributed by atoms with Gasteiger partial charge in [-0.15, -0.1) is 0 Å². The van der Waals surface area contributed by atoms with Crippen LogP contribution < -0.4 is 5.32 Å². The van der Waals surface area contributed by atoms with E-state index in [2.05, 4.69) is 10.3 Å². The predicted molar refractivity (Wildman–Crippen MR) is 61.0 cm³/mol. The molecule has 0 amide bonds. The van der Waals surface area contributed by atoms with Crippen molar-refractivity contribution in [3.63, 3.8) is 0 Å². The van der Waals surface area contributed by atoms with Crippen molar-refractivity contribution < 1.29 is 9.53 Å². The maximum atomic E-state index is 11.5. The maximum absolute atomic E-state index is 11.5. The van der Waals surface area contributed by atoms with E-state index in [4.69, 9.17) is 4.74 Å². The highest BCUT2D eigenvalue weighted by Gasteiger charge is 2.18. The lowest BCUT2D eigenvalue weighted by atomic mass is 10.0. The van der Waals surface area contributed by atoms with Crippen molar-refractivity contribution in [3.05, 3.63) is 35.2 Å². The summed E-state index contributed by atoms with van der Waals surface area (Å²) in [6.07, 6.45) is 2.25. The molecule has 1 N–H and O–H groups in total. The molecule has 1 aromatic heterocycles. The molecule has 4 heteroatoms. The van der Waals surface area contributed by atoms with Crippen molar-refractivity contribution in [1.29, 1.82) is 0 Å². The number of fused-ring (bicyclic) bond motifs is 1. The standard InChI is InChI=1S/C12H14N2O2/c1-3-16-12(15)10-6-9-5-4-8(2)14-11(9)13-7-10/h4-5,7H,3,6H2,1-2H3,(H,13,14). The maximum Gasteiger partial charge on any atom is 0.335 e. The molecule has 2 heterocycles. The Balaban J connectivity index is 2.18. The first-order valence-corrected chi connectivity index (χ1v) is 5.30. The van der Waals surface area contributed by atoms with Gasteiger partial charge in [-0.05, 0) is 25.5 Å². The van der Waals surface area contributed by atoms with Gasteiger partial charge in [-0.1, -0.05) is 6.07 Å². The fourth-order valence-electron chi connectivity index (χ4n) is 1.62. The van der Waals surface area contributed by atoms with Crippen LogP contribution in [0.1, 0.15) is 18.2 Å². The van der Waals surface area contributed by atoms with Gasteiger partial charge in [-0.2, -0.15) is 0 Å². The first-order chi connectivity index (χ1) is 7.70. The summed E-state index contributed by atoms with van der Waals surface area (Å²) >= 11 is 0. The molecule has 1 aromatic rings. The molecule has 84 valence electrons. The zero-order chi connectivity index (χ0) is 11.5. The van der Waals surface area contributed by atoms with Crippen LogP contribution in [0.4, 0.5) is 5.82 Å². The van der Waals surface area contributed by atoms with Gasteiger partial charge >= 0.3 is 5.97 Å². The minimum Gasteiger partial charge on any atom is -0.463 e. The average molecular weight is 218 g/mol. The van der Waals surface area contributed by atoms with Crippen molar-refractivity contribution in [1.82, 2.24) is 4.98 Å². The van der Waals surface area contributed by atoms with Crippen LogP contribution in [-0.4, -0.2) is 17.6 Å². The molecular formula is C12H14N2O2. The van der Waals surface area contributed by atoms with E-state index in [1.54, 1.807) is 13.1 Å². The highest BCUT2D eigenvalue weighted by atomic mass is 16.5. The van der Waals surface area contributed by atoms with E-state index in [-0.39, 0.29) is 5.97 Å². The quantitative estimate of drug-likeness (QED) is 0.769. The van der Waals surface area contributed by atoms with Crippen LogP contribution in [-0.2, 0) is 16.0 Å². The fourth-order valence-corrected chi connectivity index (χ4v) is 1.62. The Kier molecular flexibility index (Phi) is 2.90. The second kappa shape index (κ2) is 4.35. The minimum atomic E-state index is -0.263. The molecule has 0 fully saturated rings. The molecule has 0 aliphatic carbocycles. The Morgan fingerprint density at radius 1 is 1.56 bits per heavy atom. The van der Waals surface area contributed by atoms with Crippen LogP contribution in [0.15, 0.2) is 23.9 Å². The lowest BCUT2D eigenvalue weighted by molar-refractivity contribution is -0.138. The van der Waals surface area contributed by atoms with Crippen molar-refractivity contribution in [3.8, 4) is 0 Å². The topological polar surface area (TPSA) is 51.2 Å². The van der Waals surface area contributed by atoms with Gasteiger partial charge in [0.1, 0.15) is 5.82 Å². The van der Waals surface area contributed by atoms with E-state index in [0.29, 0.717) is 18.6 Å². The summed E-state index contributed by atoms with van der Waals surface area (Å²) in [6, 6.07) is 3.92. The number of nitrogens with zero attached hydrogens (tertiary/aromatic N) is 1. The number of carbonyl (C=O) groups is 1. The van der Waals surface area contributed by atoms with Crippen LogP contribution >= 0.6 is 0 Å². The number of esters is 1. The number of aryl methyl sites for hydroxylation is 1. The van der Waals surface area contributed by atoms with Gasteiger partial charge in [0.15, 0.2) is 0 Å². The van der Waals surface area contributed by atoms with E-state index in [0.717, 1.165) is 17.1 Å². The molecule has 1 aliphatic heterocycles. The minimum absolute atomic E-state index is 0.263. The number of ether oxygens (including phenoxy) is 1. The van der Waals surface area contributed by atoms with Crippen LogP contribution in [0.5, 0.6) is 0 Å².